The first-order valence-corrected chi connectivity index (χ1v) is 11.1. The number of halogens is 3. The van der Waals surface area contributed by atoms with Crippen LogP contribution in [0.5, 0.6) is 0 Å². The third-order valence-corrected chi connectivity index (χ3v) is 5.80. The van der Waals surface area contributed by atoms with Crippen LogP contribution in [0, 0.1) is 18.6 Å². The number of benzene rings is 2. The van der Waals surface area contributed by atoms with Crippen molar-refractivity contribution in [3.63, 3.8) is 0 Å². The molecule has 36 heavy (non-hydrogen) atoms. The molecular weight excluding hydrogens is 492 g/mol. The van der Waals surface area contributed by atoms with Gasteiger partial charge in [-0.2, -0.15) is 10.1 Å². The molecule has 5 rings (SSSR count). The molecule has 12 heteroatoms. The summed E-state index contributed by atoms with van der Waals surface area (Å²) in [5, 5.41) is 8.23. The molecule has 3 aromatic heterocycles. The van der Waals surface area contributed by atoms with Crippen molar-refractivity contribution in [1.29, 1.82) is 0 Å². The third kappa shape index (κ3) is 4.36. The van der Waals surface area contributed by atoms with Gasteiger partial charge in [-0.3, -0.25) is 14.2 Å². The van der Waals surface area contributed by atoms with Crippen molar-refractivity contribution in [2.75, 3.05) is 5.32 Å². The van der Waals surface area contributed by atoms with Gasteiger partial charge in [0.15, 0.2) is 0 Å². The highest BCUT2D eigenvalue weighted by molar-refractivity contribution is 6.34. The fourth-order valence-corrected chi connectivity index (χ4v) is 4.03. The second-order valence-corrected chi connectivity index (χ2v) is 8.60. The molecule has 1 N–H and O–H groups in total. The largest absolute Gasteiger partial charge is 0.359 e. The Hall–Kier alpha value is -4.38. The Morgan fingerprint density at radius 1 is 1.08 bits per heavy atom. The Bertz CT molecular complexity index is 1760. The molecule has 0 aliphatic rings. The predicted molar refractivity (Wildman–Crippen MR) is 131 cm³/mol. The van der Waals surface area contributed by atoms with Gasteiger partial charge >= 0.3 is 11.4 Å². The summed E-state index contributed by atoms with van der Waals surface area (Å²) >= 11 is 6.42. The van der Waals surface area contributed by atoms with E-state index in [0.717, 1.165) is 20.6 Å². The van der Waals surface area contributed by atoms with E-state index in [1.54, 1.807) is 49.2 Å². The highest BCUT2D eigenvalue weighted by Gasteiger charge is 2.18. The summed E-state index contributed by atoms with van der Waals surface area (Å²) in [5.74, 6) is -1.78. The fourth-order valence-electron chi connectivity index (χ4n) is 3.82. The highest BCUT2D eigenvalue weighted by Crippen LogP contribution is 2.29. The van der Waals surface area contributed by atoms with Gasteiger partial charge in [0.05, 0.1) is 34.7 Å². The van der Waals surface area contributed by atoms with E-state index in [1.165, 1.54) is 12.3 Å². The van der Waals surface area contributed by atoms with E-state index in [9.17, 15) is 18.4 Å². The lowest BCUT2D eigenvalue weighted by atomic mass is 10.2. The van der Waals surface area contributed by atoms with E-state index in [1.807, 2.05) is 0 Å². The molecule has 0 unspecified atom stereocenters. The van der Waals surface area contributed by atoms with Gasteiger partial charge in [-0.1, -0.05) is 17.7 Å². The van der Waals surface area contributed by atoms with E-state index >= 15 is 0 Å². The number of aromatic nitrogens is 6. The molecule has 0 saturated heterocycles. The van der Waals surface area contributed by atoms with Crippen molar-refractivity contribution in [3.05, 3.63) is 104 Å². The van der Waals surface area contributed by atoms with Crippen LogP contribution < -0.4 is 16.7 Å². The number of rotatable bonds is 5. The number of fused-ring (bicyclic) bond motifs is 1. The third-order valence-electron chi connectivity index (χ3n) is 5.49. The molecule has 0 aliphatic carbocycles. The summed E-state index contributed by atoms with van der Waals surface area (Å²) in [6.45, 7) is 1.42. The minimum atomic E-state index is -0.871. The number of pyridine rings is 1. The average Bonchev–Trinajstić information content (AvgIpc) is 3.16. The van der Waals surface area contributed by atoms with Gasteiger partial charge in [0.1, 0.15) is 11.6 Å². The van der Waals surface area contributed by atoms with Crippen LogP contribution in [-0.2, 0) is 13.6 Å². The first-order valence-electron chi connectivity index (χ1n) is 10.7. The summed E-state index contributed by atoms with van der Waals surface area (Å²) in [6.07, 6.45) is 4.69. The van der Waals surface area contributed by atoms with Crippen LogP contribution in [0.15, 0.2) is 64.6 Å². The molecule has 2 aromatic carbocycles. The van der Waals surface area contributed by atoms with Crippen LogP contribution in [-0.4, -0.2) is 28.9 Å². The van der Waals surface area contributed by atoms with Crippen molar-refractivity contribution >= 4 is 34.1 Å². The minimum absolute atomic E-state index is 0.0183. The minimum Gasteiger partial charge on any atom is -0.324 e. The van der Waals surface area contributed by atoms with Crippen molar-refractivity contribution < 1.29 is 8.78 Å². The average molecular weight is 510 g/mol. The standard InChI is InChI=1S/C24H18ClF2N7O2/c1-13-5-17(10-28-9-13)34-23(35)30-22(29-21-6-15-11-32(2)31-20(15)8-18(21)25)33(24(34)36)12-14-3-4-16(26)7-19(14)27/h3-11H,12H2,1-2H3,(H,29,30,35). The van der Waals surface area contributed by atoms with Gasteiger partial charge < -0.3 is 5.32 Å². The van der Waals surface area contributed by atoms with Crippen LogP contribution in [0.2, 0.25) is 5.02 Å². The van der Waals surface area contributed by atoms with Crippen molar-refractivity contribution in [3.8, 4) is 5.69 Å². The van der Waals surface area contributed by atoms with Gasteiger partial charge in [-0.05, 0) is 36.8 Å². The second kappa shape index (κ2) is 9.00. The molecule has 0 bridgehead atoms. The fraction of sp³-hybridized carbons (Fsp3) is 0.125. The molecule has 3 heterocycles. The van der Waals surface area contributed by atoms with Crippen LogP contribution in [0.3, 0.4) is 0 Å². The van der Waals surface area contributed by atoms with Gasteiger partial charge in [-0.25, -0.2) is 22.9 Å². The Balaban J connectivity index is 1.69. The highest BCUT2D eigenvalue weighted by atomic mass is 35.5. The Kier molecular flexibility index (Phi) is 5.84. The maximum Gasteiger partial charge on any atom is 0.359 e. The zero-order valence-corrected chi connectivity index (χ0v) is 19.8. The van der Waals surface area contributed by atoms with E-state index in [-0.39, 0.29) is 28.8 Å². The lowest BCUT2D eigenvalue weighted by Crippen LogP contribution is -2.42. The van der Waals surface area contributed by atoms with Gasteiger partial charge in [0.2, 0.25) is 5.95 Å². The lowest BCUT2D eigenvalue weighted by Gasteiger charge is -2.16. The summed E-state index contributed by atoms with van der Waals surface area (Å²) in [6, 6.07) is 7.93. The van der Waals surface area contributed by atoms with Gasteiger partial charge in [-0.15, -0.1) is 0 Å². The quantitative estimate of drug-likeness (QED) is 0.388. The molecule has 182 valence electrons. The molecule has 9 nitrogen and oxygen atoms in total. The monoisotopic (exact) mass is 509 g/mol. The molecule has 0 spiro atoms. The summed E-state index contributed by atoms with van der Waals surface area (Å²) in [5.41, 5.74) is 0.267. The number of nitrogens with zero attached hydrogens (tertiary/aromatic N) is 6. The van der Waals surface area contributed by atoms with Gasteiger partial charge in [0.25, 0.3) is 0 Å². The molecule has 0 amide bonds. The topological polar surface area (TPSA) is 99.6 Å². The summed E-state index contributed by atoms with van der Waals surface area (Å²) in [7, 11) is 1.76. The molecule has 5 aromatic rings. The molecule has 0 atom stereocenters. The smallest absolute Gasteiger partial charge is 0.324 e. The molecule has 0 aliphatic heterocycles. The normalized spacial score (nSPS) is 11.2. The Morgan fingerprint density at radius 3 is 2.64 bits per heavy atom. The van der Waals surface area contributed by atoms with Crippen LogP contribution in [0.4, 0.5) is 20.4 Å². The van der Waals surface area contributed by atoms with E-state index in [4.69, 9.17) is 11.6 Å². The zero-order valence-electron chi connectivity index (χ0n) is 19.0. The summed E-state index contributed by atoms with van der Waals surface area (Å²) < 4.78 is 31.5. The van der Waals surface area contributed by atoms with Crippen molar-refractivity contribution in [2.24, 2.45) is 7.05 Å². The number of aryl methyl sites for hydroxylation is 2. The number of nitrogens with one attached hydrogen (secondary N) is 1. The Morgan fingerprint density at radius 2 is 1.89 bits per heavy atom. The SMILES string of the molecule is Cc1cncc(-n2c(=O)nc(Nc3cc4cn(C)nc4cc3Cl)n(Cc3ccc(F)cc3F)c2=O)c1. The first-order chi connectivity index (χ1) is 17.2. The molecule has 0 fully saturated rings. The molecular formula is C24H18ClF2N7O2. The molecule has 0 radical (unpaired) electrons. The van der Waals surface area contributed by atoms with E-state index < -0.39 is 23.0 Å². The number of hydrogen-bond acceptors (Lipinski definition) is 6. The van der Waals surface area contributed by atoms with E-state index in [0.29, 0.717) is 22.8 Å². The van der Waals surface area contributed by atoms with Crippen LogP contribution in [0.1, 0.15) is 11.1 Å². The molecule has 0 saturated carbocycles. The number of hydrogen-bond donors (Lipinski definition) is 1. The maximum atomic E-state index is 14.5. The van der Waals surface area contributed by atoms with Gasteiger partial charge in [0, 0.05) is 36.5 Å². The summed E-state index contributed by atoms with van der Waals surface area (Å²) in [4.78, 5) is 34.6. The predicted octanol–water partition coefficient (Wildman–Crippen LogP) is 3.71. The van der Waals surface area contributed by atoms with E-state index in [2.05, 4.69) is 20.4 Å². The zero-order chi connectivity index (χ0) is 25.6. The van der Waals surface area contributed by atoms with Crippen LogP contribution >= 0.6 is 11.6 Å². The first kappa shape index (κ1) is 23.4. The van der Waals surface area contributed by atoms with Crippen molar-refractivity contribution in [1.82, 2.24) is 28.9 Å². The maximum absolute atomic E-state index is 14.5. The lowest BCUT2D eigenvalue weighted by molar-refractivity contribution is 0.559. The van der Waals surface area contributed by atoms with Crippen molar-refractivity contribution in [2.45, 2.75) is 13.5 Å². The number of anilines is 2. The van der Waals surface area contributed by atoms with Crippen LogP contribution in [0.25, 0.3) is 16.6 Å². The second-order valence-electron chi connectivity index (χ2n) is 8.20. The Labute approximate surface area is 207 Å².